The number of aromatic amines is 1. The van der Waals surface area contributed by atoms with E-state index in [2.05, 4.69) is 9.97 Å². The van der Waals surface area contributed by atoms with E-state index in [1.165, 1.54) is 0 Å². The first kappa shape index (κ1) is 22.7. The Morgan fingerprint density at radius 1 is 1.00 bits per heavy atom. The van der Waals surface area contributed by atoms with Gasteiger partial charge < -0.3 is 19.4 Å². The van der Waals surface area contributed by atoms with Crippen LogP contribution in [0.15, 0.2) is 71.9 Å². The second-order valence-corrected chi connectivity index (χ2v) is 8.64. The third-order valence-corrected chi connectivity index (χ3v) is 6.43. The highest BCUT2D eigenvalue weighted by atomic mass is 32.2. The molecule has 1 heterocycles. The standard InChI is InChI=1S/C26H27N3O3S/c1-29(15-14-18-12-13-23(31-2)24(16-18)32-3)25(30)20-9-5-4-8-19(20)17-33-26-27-21-10-6-7-11-22(21)28-26/h4-13,16H,14-15,17H2,1-3H3,(H,27,28). The summed E-state index contributed by atoms with van der Waals surface area (Å²) in [6, 6.07) is 21.6. The van der Waals surface area contributed by atoms with Crippen molar-refractivity contribution in [2.45, 2.75) is 17.3 Å². The second kappa shape index (κ2) is 10.4. The van der Waals surface area contributed by atoms with E-state index in [-0.39, 0.29) is 5.91 Å². The molecular weight excluding hydrogens is 434 g/mol. The van der Waals surface area contributed by atoms with Crippen LogP contribution in [-0.2, 0) is 12.2 Å². The van der Waals surface area contributed by atoms with Gasteiger partial charge in [-0.25, -0.2) is 4.98 Å². The van der Waals surface area contributed by atoms with Crippen molar-refractivity contribution in [2.75, 3.05) is 27.8 Å². The van der Waals surface area contributed by atoms with Gasteiger partial charge in [0.25, 0.3) is 5.91 Å². The van der Waals surface area contributed by atoms with Gasteiger partial charge in [-0.3, -0.25) is 4.79 Å². The molecule has 7 heteroatoms. The maximum absolute atomic E-state index is 13.2. The van der Waals surface area contributed by atoms with E-state index < -0.39 is 0 Å². The fourth-order valence-electron chi connectivity index (χ4n) is 3.64. The minimum atomic E-state index is 0.0104. The van der Waals surface area contributed by atoms with E-state index in [1.54, 1.807) is 30.9 Å². The molecule has 0 aliphatic rings. The summed E-state index contributed by atoms with van der Waals surface area (Å²) >= 11 is 1.60. The quantitative estimate of drug-likeness (QED) is 0.348. The van der Waals surface area contributed by atoms with Crippen LogP contribution in [0.4, 0.5) is 0 Å². The maximum Gasteiger partial charge on any atom is 0.253 e. The number of amides is 1. The molecule has 0 aliphatic carbocycles. The lowest BCUT2D eigenvalue weighted by Crippen LogP contribution is -2.29. The third kappa shape index (κ3) is 5.31. The predicted octanol–water partition coefficient (Wildman–Crippen LogP) is 5.19. The second-order valence-electron chi connectivity index (χ2n) is 7.67. The molecule has 6 nitrogen and oxygen atoms in total. The molecule has 1 aromatic heterocycles. The van der Waals surface area contributed by atoms with Crippen LogP contribution in [0.25, 0.3) is 11.0 Å². The Morgan fingerprint density at radius 3 is 2.55 bits per heavy atom. The number of H-pyrrole nitrogens is 1. The van der Waals surface area contributed by atoms with E-state index >= 15 is 0 Å². The number of rotatable bonds is 9. The predicted molar refractivity (Wildman–Crippen MR) is 132 cm³/mol. The van der Waals surface area contributed by atoms with Crippen molar-refractivity contribution < 1.29 is 14.3 Å². The number of ether oxygens (including phenoxy) is 2. The van der Waals surface area contributed by atoms with E-state index in [0.717, 1.165) is 39.3 Å². The number of methoxy groups -OCH3 is 2. The number of fused-ring (bicyclic) bond motifs is 1. The zero-order valence-electron chi connectivity index (χ0n) is 19.0. The number of para-hydroxylation sites is 2. The van der Waals surface area contributed by atoms with Gasteiger partial charge >= 0.3 is 0 Å². The Hall–Kier alpha value is -3.45. The first-order chi connectivity index (χ1) is 16.1. The van der Waals surface area contributed by atoms with E-state index in [4.69, 9.17) is 9.47 Å². The molecule has 0 unspecified atom stereocenters. The summed E-state index contributed by atoms with van der Waals surface area (Å²) in [5.41, 5.74) is 4.75. The molecule has 0 saturated heterocycles. The smallest absolute Gasteiger partial charge is 0.253 e. The minimum Gasteiger partial charge on any atom is -0.493 e. The summed E-state index contributed by atoms with van der Waals surface area (Å²) < 4.78 is 10.7. The van der Waals surface area contributed by atoms with Gasteiger partial charge in [0.2, 0.25) is 0 Å². The summed E-state index contributed by atoms with van der Waals surface area (Å²) in [4.78, 5) is 22.9. The number of carbonyl (C=O) groups excluding carboxylic acids is 1. The van der Waals surface area contributed by atoms with Gasteiger partial charge in [0, 0.05) is 24.9 Å². The summed E-state index contributed by atoms with van der Waals surface area (Å²) in [7, 11) is 5.08. The fourth-order valence-corrected chi connectivity index (χ4v) is 4.53. The molecule has 0 fully saturated rings. The highest BCUT2D eigenvalue weighted by molar-refractivity contribution is 7.98. The molecular formula is C26H27N3O3S. The number of imidazole rings is 1. The molecule has 0 saturated carbocycles. The molecule has 1 amide bonds. The van der Waals surface area contributed by atoms with Gasteiger partial charge in [0.05, 0.1) is 25.3 Å². The van der Waals surface area contributed by atoms with Gasteiger partial charge in [0.15, 0.2) is 16.7 Å². The molecule has 0 atom stereocenters. The van der Waals surface area contributed by atoms with Gasteiger partial charge in [-0.1, -0.05) is 48.2 Å². The lowest BCUT2D eigenvalue weighted by Gasteiger charge is -2.19. The monoisotopic (exact) mass is 461 g/mol. The lowest BCUT2D eigenvalue weighted by molar-refractivity contribution is 0.0796. The van der Waals surface area contributed by atoms with Crippen molar-refractivity contribution in [1.82, 2.24) is 14.9 Å². The summed E-state index contributed by atoms with van der Waals surface area (Å²) in [5, 5.41) is 0.847. The molecule has 3 aromatic carbocycles. The summed E-state index contributed by atoms with van der Waals surface area (Å²) in [6.07, 6.45) is 0.721. The molecule has 1 N–H and O–H groups in total. The van der Waals surface area contributed by atoms with Gasteiger partial charge in [-0.15, -0.1) is 0 Å². The molecule has 33 heavy (non-hydrogen) atoms. The number of nitrogens with zero attached hydrogens (tertiary/aromatic N) is 2. The van der Waals surface area contributed by atoms with Crippen molar-refractivity contribution in [3.63, 3.8) is 0 Å². The van der Waals surface area contributed by atoms with Crippen LogP contribution in [0.5, 0.6) is 11.5 Å². The van der Waals surface area contributed by atoms with Crippen LogP contribution in [0.2, 0.25) is 0 Å². The van der Waals surface area contributed by atoms with E-state index in [1.807, 2.05) is 73.8 Å². The lowest BCUT2D eigenvalue weighted by atomic mass is 10.1. The molecule has 4 aromatic rings. The molecule has 4 rings (SSSR count). The molecule has 0 spiro atoms. The normalized spacial score (nSPS) is 10.9. The summed E-state index contributed by atoms with van der Waals surface area (Å²) in [6.45, 7) is 0.597. The van der Waals surface area contributed by atoms with Crippen LogP contribution in [-0.4, -0.2) is 48.6 Å². The number of thioether (sulfide) groups is 1. The maximum atomic E-state index is 13.2. The highest BCUT2D eigenvalue weighted by Crippen LogP contribution is 2.28. The Labute approximate surface area is 197 Å². The Morgan fingerprint density at radius 2 is 1.76 bits per heavy atom. The van der Waals surface area contributed by atoms with Crippen molar-refractivity contribution >= 4 is 28.7 Å². The van der Waals surface area contributed by atoms with Crippen LogP contribution >= 0.6 is 11.8 Å². The number of aromatic nitrogens is 2. The molecule has 0 aliphatic heterocycles. The first-order valence-corrected chi connectivity index (χ1v) is 11.7. The van der Waals surface area contributed by atoms with Crippen LogP contribution < -0.4 is 9.47 Å². The zero-order valence-corrected chi connectivity index (χ0v) is 19.8. The Bertz CT molecular complexity index is 1220. The van der Waals surface area contributed by atoms with Gasteiger partial charge in [0.1, 0.15) is 0 Å². The minimum absolute atomic E-state index is 0.0104. The van der Waals surface area contributed by atoms with Crippen molar-refractivity contribution in [3.8, 4) is 11.5 Å². The number of benzene rings is 3. The number of hydrogen-bond acceptors (Lipinski definition) is 5. The average molecular weight is 462 g/mol. The zero-order chi connectivity index (χ0) is 23.2. The van der Waals surface area contributed by atoms with Crippen LogP contribution in [0, 0.1) is 0 Å². The molecule has 170 valence electrons. The van der Waals surface area contributed by atoms with E-state index in [9.17, 15) is 4.79 Å². The fraction of sp³-hybridized carbons (Fsp3) is 0.231. The molecule has 0 bridgehead atoms. The Kier molecular flexibility index (Phi) is 7.19. The average Bonchev–Trinajstić information content (AvgIpc) is 3.28. The van der Waals surface area contributed by atoms with Crippen molar-refractivity contribution in [2.24, 2.45) is 0 Å². The third-order valence-electron chi connectivity index (χ3n) is 5.51. The van der Waals surface area contributed by atoms with Gasteiger partial charge in [-0.05, 0) is 47.9 Å². The van der Waals surface area contributed by atoms with Crippen LogP contribution in [0.3, 0.4) is 0 Å². The van der Waals surface area contributed by atoms with Crippen molar-refractivity contribution in [3.05, 3.63) is 83.4 Å². The highest BCUT2D eigenvalue weighted by Gasteiger charge is 2.16. The largest absolute Gasteiger partial charge is 0.493 e. The number of carbonyl (C=O) groups is 1. The van der Waals surface area contributed by atoms with E-state index in [0.29, 0.717) is 23.8 Å². The first-order valence-electron chi connectivity index (χ1n) is 10.7. The number of likely N-dealkylation sites (N-methyl/N-ethyl adjacent to an activating group) is 1. The number of nitrogens with one attached hydrogen (secondary N) is 1. The summed E-state index contributed by atoms with van der Waals surface area (Å²) in [5.74, 6) is 2.06. The number of hydrogen-bond donors (Lipinski definition) is 1. The van der Waals surface area contributed by atoms with Gasteiger partial charge in [-0.2, -0.15) is 0 Å². The van der Waals surface area contributed by atoms with Crippen LogP contribution in [0.1, 0.15) is 21.5 Å². The van der Waals surface area contributed by atoms with Crippen molar-refractivity contribution in [1.29, 1.82) is 0 Å². The SMILES string of the molecule is COc1ccc(CCN(C)C(=O)c2ccccc2CSc2nc3ccccc3[nH]2)cc1OC. The molecule has 0 radical (unpaired) electrons. The Balaban J connectivity index is 1.41. The topological polar surface area (TPSA) is 67.5 Å².